The van der Waals surface area contributed by atoms with Crippen LogP contribution in [0.3, 0.4) is 0 Å². The van der Waals surface area contributed by atoms with E-state index >= 15 is 0 Å². The molecule has 20 nitrogen and oxygen atoms in total. The van der Waals surface area contributed by atoms with Crippen LogP contribution in [-0.4, -0.2) is 104 Å². The first-order valence-electron chi connectivity index (χ1n) is 20.3. The van der Waals surface area contributed by atoms with Crippen LogP contribution in [0.4, 0.5) is 28.7 Å². The van der Waals surface area contributed by atoms with Gasteiger partial charge in [-0.25, -0.2) is 9.97 Å². The molecule has 6 N–H and O–H groups in total. The number of nitrogens with zero attached hydrogens (tertiary/aromatic N) is 7. The molecule has 1 fully saturated rings. The summed E-state index contributed by atoms with van der Waals surface area (Å²) >= 11 is 0. The lowest BCUT2D eigenvalue weighted by Gasteiger charge is -2.27. The molecule has 1 unspecified atom stereocenters. The number of carbonyl (C=O) groups is 6. The molecule has 1 atom stereocenters. The molecule has 0 radical (unpaired) electrons. The van der Waals surface area contributed by atoms with E-state index in [1.807, 2.05) is 5.32 Å². The van der Waals surface area contributed by atoms with Crippen molar-refractivity contribution in [2.24, 2.45) is 7.05 Å². The predicted molar refractivity (Wildman–Crippen MR) is 217 cm³/mol. The first kappa shape index (κ1) is 36.6. The van der Waals surface area contributed by atoms with E-state index in [2.05, 4.69) is 51.8 Å². The Hall–Kier alpha value is -7.77. The number of pyridine rings is 1. The third-order valence-electron chi connectivity index (χ3n) is 9.66. The summed E-state index contributed by atoms with van der Waals surface area (Å²) in [5.41, 5.74) is 1.86. The van der Waals surface area contributed by atoms with Crippen molar-refractivity contribution in [2.45, 2.75) is 38.1 Å². The molecule has 3 aromatic heterocycles. The van der Waals surface area contributed by atoms with Crippen LogP contribution >= 0.6 is 0 Å². The highest BCUT2D eigenvalue weighted by Gasteiger charge is 2.45. The number of benzene rings is 2. The van der Waals surface area contributed by atoms with E-state index in [0.29, 0.717) is 65.8 Å². The monoisotopic (exact) mass is 818 g/mol. The van der Waals surface area contributed by atoms with Crippen LogP contribution in [0, 0.1) is 0 Å². The quantitative estimate of drug-likeness (QED) is 0.0618. The number of aromatic nitrogens is 6. The Morgan fingerprint density at radius 1 is 0.883 bits per heavy atom. The zero-order chi connectivity index (χ0) is 44.8. The first-order valence-corrected chi connectivity index (χ1v) is 18.8. The van der Waals surface area contributed by atoms with Gasteiger partial charge in [0.05, 0.1) is 40.7 Å². The standard InChI is InChI=1S/C40H41N13O7/c1-41-38(57)33-27(46-26-12-8-10-24(34(26)60-3)35-45-21-52(2)51-35)19-30(49-50-33)47-29-15-13-22(20-44-29)36(55)43-18-6-4-5-17-42-25-11-7-9-23-32(25)40(59)53(39(23)58)28-14-16-31(54)48-37(28)56/h7-13,15,19-21,28,42H,4-6,14,16-18H2,1-3H3,(H,41,57)(H,43,55)(H,48,54,56)(H2,44,46,47,49)/i1D3. The van der Waals surface area contributed by atoms with Crippen LogP contribution < -0.4 is 36.6 Å². The second-order valence-corrected chi connectivity index (χ2v) is 13.7. The summed E-state index contributed by atoms with van der Waals surface area (Å²) < 4.78 is 29.7. The fourth-order valence-electron chi connectivity index (χ4n) is 6.76. The number of hydrogen-bond acceptors (Lipinski definition) is 15. The second kappa shape index (κ2) is 17.8. The van der Waals surface area contributed by atoms with Crippen molar-refractivity contribution >= 4 is 64.1 Å². The molecule has 0 bridgehead atoms. The van der Waals surface area contributed by atoms with Gasteiger partial charge in [-0.3, -0.25) is 43.7 Å². The maximum atomic E-state index is 13.3. The summed E-state index contributed by atoms with van der Waals surface area (Å²) in [7, 11) is 3.18. The lowest BCUT2D eigenvalue weighted by atomic mass is 10.0. The Morgan fingerprint density at radius 2 is 1.68 bits per heavy atom. The minimum atomic E-state index is -2.80. The third kappa shape index (κ3) is 8.56. The van der Waals surface area contributed by atoms with Crippen molar-refractivity contribution in [2.75, 3.05) is 43.1 Å². The van der Waals surface area contributed by atoms with Gasteiger partial charge in [-0.2, -0.15) is 5.10 Å². The number of para-hydroxylation sites is 1. The van der Waals surface area contributed by atoms with Crippen LogP contribution in [0.5, 0.6) is 5.75 Å². The Morgan fingerprint density at radius 3 is 2.42 bits per heavy atom. The molecule has 2 aliphatic rings. The number of fused-ring (bicyclic) bond motifs is 1. The molecule has 2 aliphatic heterocycles. The molecule has 0 spiro atoms. The van der Waals surface area contributed by atoms with Gasteiger partial charge in [0.1, 0.15) is 18.2 Å². The lowest BCUT2D eigenvalue weighted by Crippen LogP contribution is -2.54. The summed E-state index contributed by atoms with van der Waals surface area (Å²) in [6, 6.07) is 13.6. The Kier molecular flexibility index (Phi) is 10.8. The van der Waals surface area contributed by atoms with Gasteiger partial charge in [0.15, 0.2) is 23.1 Å². The highest BCUT2D eigenvalue weighted by molar-refractivity contribution is 6.25. The van der Waals surface area contributed by atoms with Gasteiger partial charge >= 0.3 is 0 Å². The number of carbonyl (C=O) groups excluding carboxylic acids is 6. The van der Waals surface area contributed by atoms with Gasteiger partial charge in [-0.05, 0) is 62.1 Å². The molecule has 0 aliphatic carbocycles. The fourth-order valence-corrected chi connectivity index (χ4v) is 6.76. The van der Waals surface area contributed by atoms with Crippen LogP contribution in [0.15, 0.2) is 67.1 Å². The molecule has 6 amide bonds. The van der Waals surface area contributed by atoms with E-state index in [1.54, 1.807) is 49.5 Å². The summed E-state index contributed by atoms with van der Waals surface area (Å²) in [6.45, 7) is -1.93. The topological polar surface area (TPSA) is 256 Å². The summed E-state index contributed by atoms with van der Waals surface area (Å²) in [5, 5.41) is 28.7. The van der Waals surface area contributed by atoms with E-state index in [0.717, 1.165) is 11.3 Å². The number of imide groups is 2. The number of unbranched alkanes of at least 4 members (excludes halogenated alkanes) is 2. The van der Waals surface area contributed by atoms with Crippen molar-refractivity contribution in [1.82, 2.24) is 50.8 Å². The minimum absolute atomic E-state index is 0.0352. The largest absolute Gasteiger partial charge is 0.494 e. The molecule has 60 heavy (non-hydrogen) atoms. The number of nitrogens with one attached hydrogen (secondary N) is 6. The van der Waals surface area contributed by atoms with Crippen molar-refractivity contribution in [3.63, 3.8) is 0 Å². The number of hydrogen-bond donors (Lipinski definition) is 6. The molecule has 0 saturated carbocycles. The van der Waals surface area contributed by atoms with Crippen LogP contribution in [0.2, 0.25) is 0 Å². The van der Waals surface area contributed by atoms with Gasteiger partial charge in [-0.1, -0.05) is 12.1 Å². The third-order valence-corrected chi connectivity index (χ3v) is 9.66. The number of anilines is 5. The van der Waals surface area contributed by atoms with Crippen molar-refractivity contribution in [1.29, 1.82) is 0 Å². The van der Waals surface area contributed by atoms with Gasteiger partial charge in [0.2, 0.25) is 11.8 Å². The van der Waals surface area contributed by atoms with E-state index in [9.17, 15) is 28.8 Å². The zero-order valence-electron chi connectivity index (χ0n) is 35.4. The average molecular weight is 819 g/mol. The summed E-state index contributed by atoms with van der Waals surface area (Å²) in [6.07, 6.45) is 5.09. The maximum absolute atomic E-state index is 13.3. The van der Waals surface area contributed by atoms with Gasteiger partial charge in [0.25, 0.3) is 23.6 Å². The lowest BCUT2D eigenvalue weighted by molar-refractivity contribution is -0.136. The molecule has 5 aromatic rings. The second-order valence-electron chi connectivity index (χ2n) is 13.7. The van der Waals surface area contributed by atoms with Crippen molar-refractivity contribution in [3.05, 3.63) is 89.5 Å². The fraction of sp³-hybridized carbons (Fsp3) is 0.275. The highest BCUT2D eigenvalue weighted by atomic mass is 16.5. The SMILES string of the molecule is [2H]C([2H])([2H])NC(=O)c1nnc(Nc2ccc(C(=O)NCCCCCNc3cccc4c3C(=O)N(C3CCC(=O)NC3=O)C4=O)cn2)cc1Nc1cccc(-c2ncn(C)n2)c1OC. The normalized spacial score (nSPS) is 15.6. The van der Waals surface area contributed by atoms with Crippen molar-refractivity contribution < 1.29 is 37.6 Å². The molecular weight excluding hydrogens is 775 g/mol. The van der Waals surface area contributed by atoms with E-state index in [-0.39, 0.29) is 47.1 Å². The smallest absolute Gasteiger partial charge is 0.273 e. The number of rotatable bonds is 16. The zero-order valence-corrected chi connectivity index (χ0v) is 32.4. The molecule has 2 aromatic carbocycles. The number of amides is 6. The van der Waals surface area contributed by atoms with Crippen LogP contribution in [0.1, 0.15) is 77.8 Å². The van der Waals surface area contributed by atoms with Gasteiger partial charge < -0.3 is 31.3 Å². The molecule has 7 rings (SSSR count). The van der Waals surface area contributed by atoms with E-state index < -0.39 is 42.6 Å². The molecule has 5 heterocycles. The Labute approximate surface area is 347 Å². The first-order chi connectivity index (χ1) is 30.2. The molecule has 1 saturated heterocycles. The highest BCUT2D eigenvalue weighted by Crippen LogP contribution is 2.37. The van der Waals surface area contributed by atoms with Gasteiger partial charge in [0, 0.05) is 55.6 Å². The van der Waals surface area contributed by atoms with Crippen LogP contribution in [-0.2, 0) is 16.6 Å². The summed E-state index contributed by atoms with van der Waals surface area (Å²) in [4.78, 5) is 85.9. The average Bonchev–Trinajstić information content (AvgIpc) is 3.79. The summed E-state index contributed by atoms with van der Waals surface area (Å²) in [5.74, 6) is -2.46. The van der Waals surface area contributed by atoms with Crippen molar-refractivity contribution in [3.8, 4) is 17.1 Å². The number of aryl methyl sites for hydroxylation is 1. The number of ether oxygens (including phenoxy) is 1. The number of piperidine rings is 1. The van der Waals surface area contributed by atoms with Gasteiger partial charge in [-0.15, -0.1) is 10.2 Å². The maximum Gasteiger partial charge on any atom is 0.273 e. The molecule has 20 heteroatoms. The Bertz CT molecular complexity index is 2600. The molecular formula is C40H41N13O7. The minimum Gasteiger partial charge on any atom is -0.494 e. The van der Waals surface area contributed by atoms with Crippen LogP contribution in [0.25, 0.3) is 11.4 Å². The van der Waals surface area contributed by atoms with E-state index in [4.69, 9.17) is 8.85 Å². The molecule has 308 valence electrons. The number of methoxy groups -OCH3 is 1. The predicted octanol–water partition coefficient (Wildman–Crippen LogP) is 2.94. The van der Waals surface area contributed by atoms with E-state index in [1.165, 1.54) is 36.4 Å². The Balaban J connectivity index is 0.919.